The van der Waals surface area contributed by atoms with Gasteiger partial charge in [-0.05, 0) is 42.5 Å². The monoisotopic (exact) mass is 406 g/mol. The fraction of sp³-hybridized carbons (Fsp3) is 0. The first kappa shape index (κ1) is 16.4. The molecule has 0 saturated carbocycles. The van der Waals surface area contributed by atoms with Crippen LogP contribution >= 0.6 is 15.9 Å². The zero-order chi connectivity index (χ0) is 18.1. The molecule has 2 aromatic carbocycles. The van der Waals surface area contributed by atoms with Crippen LogP contribution in [0.3, 0.4) is 0 Å². The number of hydrogen-bond acceptors (Lipinski definition) is 2. The second kappa shape index (κ2) is 6.69. The van der Waals surface area contributed by atoms with Crippen LogP contribution in [0.2, 0.25) is 0 Å². The van der Waals surface area contributed by atoms with Gasteiger partial charge >= 0.3 is 0 Å². The van der Waals surface area contributed by atoms with Crippen LogP contribution in [0.15, 0.2) is 80.4 Å². The minimum atomic E-state index is -0.165. The third-order valence-corrected chi connectivity index (χ3v) is 4.54. The van der Waals surface area contributed by atoms with E-state index in [1.807, 2.05) is 66.7 Å². The molecule has 4 aromatic rings. The van der Waals surface area contributed by atoms with E-state index in [2.05, 4.69) is 27.6 Å². The second-order valence-electron chi connectivity index (χ2n) is 5.84. The van der Waals surface area contributed by atoms with Crippen LogP contribution in [0.4, 0.5) is 0 Å². The lowest BCUT2D eigenvalue weighted by molar-refractivity contribution is 0.571. The van der Waals surface area contributed by atoms with Crippen LogP contribution < -0.4 is 16.1 Å². The van der Waals surface area contributed by atoms with E-state index in [0.29, 0.717) is 16.3 Å². The van der Waals surface area contributed by atoms with Gasteiger partial charge in [0.2, 0.25) is 0 Å². The molecule has 0 bridgehead atoms. The minimum Gasteiger partial charge on any atom is -0.457 e. The van der Waals surface area contributed by atoms with E-state index in [1.165, 1.54) is 4.68 Å². The maximum absolute atomic E-state index is 12.7. The molecule has 0 atom stereocenters. The van der Waals surface area contributed by atoms with Gasteiger partial charge in [0.1, 0.15) is 11.5 Å². The van der Waals surface area contributed by atoms with E-state index in [1.54, 1.807) is 6.08 Å². The number of para-hydroxylation sites is 1. The highest BCUT2D eigenvalue weighted by atomic mass is 79.9. The van der Waals surface area contributed by atoms with Crippen molar-refractivity contribution in [2.45, 2.75) is 0 Å². The quantitative estimate of drug-likeness (QED) is 0.566. The summed E-state index contributed by atoms with van der Waals surface area (Å²) in [6.07, 6.45) is 1.71. The Morgan fingerprint density at radius 3 is 2.62 bits per heavy atom. The van der Waals surface area contributed by atoms with Crippen LogP contribution in [-0.4, -0.2) is 9.78 Å². The summed E-state index contributed by atoms with van der Waals surface area (Å²) in [4.78, 5) is 12.7. The minimum absolute atomic E-state index is 0.165. The summed E-state index contributed by atoms with van der Waals surface area (Å²) in [6, 6.07) is 21.0. The molecule has 5 heteroatoms. The van der Waals surface area contributed by atoms with Crippen LogP contribution in [0.25, 0.3) is 29.7 Å². The van der Waals surface area contributed by atoms with Crippen molar-refractivity contribution in [2.24, 2.45) is 0 Å². The van der Waals surface area contributed by atoms with Gasteiger partial charge in [0.15, 0.2) is 0 Å². The first-order chi connectivity index (χ1) is 12.6. The smallest absolute Gasteiger partial charge is 0.279 e. The number of halogens is 1. The molecule has 0 radical (unpaired) electrons. The molecule has 0 unspecified atom stereocenters. The Kier molecular flexibility index (Phi) is 4.22. The highest BCUT2D eigenvalue weighted by Gasteiger charge is 2.07. The van der Waals surface area contributed by atoms with Crippen LogP contribution in [-0.2, 0) is 0 Å². The van der Waals surface area contributed by atoms with Gasteiger partial charge in [-0.1, -0.05) is 52.8 Å². The Labute approximate surface area is 157 Å². The number of aromatic nitrogens is 2. The Morgan fingerprint density at radius 1 is 1.04 bits per heavy atom. The van der Waals surface area contributed by atoms with Crippen molar-refractivity contribution < 1.29 is 4.42 Å². The maximum atomic E-state index is 12.7. The summed E-state index contributed by atoms with van der Waals surface area (Å²) in [5, 5.41) is 4.03. The molecule has 0 aliphatic rings. The lowest BCUT2D eigenvalue weighted by Crippen LogP contribution is -2.33. The molecule has 0 aliphatic heterocycles. The zero-order valence-corrected chi connectivity index (χ0v) is 15.4. The van der Waals surface area contributed by atoms with Crippen molar-refractivity contribution in [1.29, 1.82) is 0 Å². The zero-order valence-electron chi connectivity index (χ0n) is 13.8. The Balaban J connectivity index is 1.78. The highest BCUT2D eigenvalue weighted by molar-refractivity contribution is 9.10. The van der Waals surface area contributed by atoms with E-state index in [-0.39, 0.29) is 5.56 Å². The molecular weight excluding hydrogens is 392 g/mol. The topological polar surface area (TPSA) is 50.9 Å². The Bertz CT molecular complexity index is 1230. The predicted octanol–water partition coefficient (Wildman–Crippen LogP) is 3.43. The molecule has 0 aliphatic carbocycles. The van der Waals surface area contributed by atoms with Crippen molar-refractivity contribution in [3.8, 4) is 17.0 Å². The number of rotatable bonds is 3. The van der Waals surface area contributed by atoms with Crippen molar-refractivity contribution in [2.75, 3.05) is 0 Å². The summed E-state index contributed by atoms with van der Waals surface area (Å²) in [7, 11) is 0. The van der Waals surface area contributed by atoms with Gasteiger partial charge in [0, 0.05) is 10.0 Å². The molecular formula is C21H15BrN2O2. The average molecular weight is 407 g/mol. The van der Waals surface area contributed by atoms with E-state index in [9.17, 15) is 4.79 Å². The van der Waals surface area contributed by atoms with E-state index >= 15 is 0 Å². The molecule has 128 valence electrons. The van der Waals surface area contributed by atoms with Gasteiger partial charge in [-0.2, -0.15) is 0 Å². The number of aromatic amines is 1. The molecule has 0 amide bonds. The lowest BCUT2D eigenvalue weighted by Gasteiger charge is -1.98. The number of nitrogens with zero attached hydrogens (tertiary/aromatic N) is 1. The maximum Gasteiger partial charge on any atom is 0.279 e. The Hall–Kier alpha value is -3.05. The van der Waals surface area contributed by atoms with Crippen molar-refractivity contribution in [3.63, 3.8) is 0 Å². The fourth-order valence-electron chi connectivity index (χ4n) is 2.77. The summed E-state index contributed by atoms with van der Waals surface area (Å²) in [5.41, 5.74) is 1.56. The van der Waals surface area contributed by atoms with Crippen LogP contribution in [0, 0.1) is 0 Å². The summed E-state index contributed by atoms with van der Waals surface area (Å²) in [5.74, 6) is 1.34. The van der Waals surface area contributed by atoms with Crippen molar-refractivity contribution >= 4 is 28.6 Å². The fourth-order valence-corrected chi connectivity index (χ4v) is 3.17. The predicted molar refractivity (Wildman–Crippen MR) is 107 cm³/mol. The highest BCUT2D eigenvalue weighted by Crippen LogP contribution is 2.25. The van der Waals surface area contributed by atoms with Gasteiger partial charge in [-0.25, -0.2) is 4.68 Å². The number of H-pyrrole nitrogens is 1. The molecule has 0 spiro atoms. The van der Waals surface area contributed by atoms with Gasteiger partial charge in [-0.15, -0.1) is 0 Å². The Morgan fingerprint density at radius 2 is 1.85 bits per heavy atom. The molecule has 2 aromatic heterocycles. The SMILES string of the molecule is C=c1[nH]n(-c2ccccc2)c(=O)c1=Cc1ccc(-c2cccc(Br)c2)o1. The first-order valence-corrected chi connectivity index (χ1v) is 8.84. The number of nitrogens with one attached hydrogen (secondary N) is 1. The van der Waals surface area contributed by atoms with Gasteiger partial charge < -0.3 is 4.42 Å². The number of benzene rings is 2. The van der Waals surface area contributed by atoms with E-state index < -0.39 is 0 Å². The molecule has 1 N–H and O–H groups in total. The normalized spacial score (nSPS) is 11.8. The molecule has 0 saturated heterocycles. The second-order valence-corrected chi connectivity index (χ2v) is 6.75. The number of furan rings is 1. The van der Waals surface area contributed by atoms with Gasteiger partial charge in [0.25, 0.3) is 5.56 Å². The molecule has 4 nitrogen and oxygen atoms in total. The van der Waals surface area contributed by atoms with Gasteiger partial charge in [0.05, 0.1) is 16.3 Å². The van der Waals surface area contributed by atoms with Crippen LogP contribution in [0.5, 0.6) is 0 Å². The molecule has 26 heavy (non-hydrogen) atoms. The lowest BCUT2D eigenvalue weighted by atomic mass is 10.2. The largest absolute Gasteiger partial charge is 0.457 e. The van der Waals surface area contributed by atoms with Crippen molar-refractivity contribution in [1.82, 2.24) is 9.78 Å². The summed E-state index contributed by atoms with van der Waals surface area (Å²) >= 11 is 3.46. The van der Waals surface area contributed by atoms with E-state index in [0.717, 1.165) is 21.5 Å². The molecule has 0 fully saturated rings. The summed E-state index contributed by atoms with van der Waals surface area (Å²) in [6.45, 7) is 3.94. The third kappa shape index (κ3) is 3.09. The first-order valence-electron chi connectivity index (χ1n) is 8.05. The third-order valence-electron chi connectivity index (χ3n) is 4.04. The van der Waals surface area contributed by atoms with Crippen LogP contribution in [0.1, 0.15) is 5.76 Å². The standard InChI is InChI=1S/C21H15BrN2O2/c1-14-19(21(25)24(23-14)17-8-3-2-4-9-17)13-18-10-11-20(26-18)15-6-5-7-16(22)12-15/h2-13,23H,1H2. The molecule has 4 rings (SSSR count). The van der Waals surface area contributed by atoms with E-state index in [4.69, 9.17) is 4.42 Å². The van der Waals surface area contributed by atoms with Crippen molar-refractivity contribution in [3.05, 3.63) is 97.9 Å². The number of hydrogen-bond donors (Lipinski definition) is 1. The average Bonchev–Trinajstić information content (AvgIpc) is 3.23. The van der Waals surface area contributed by atoms with Gasteiger partial charge in [-0.3, -0.25) is 9.89 Å². The summed E-state index contributed by atoms with van der Waals surface area (Å²) < 4.78 is 8.35. The molecule has 2 heterocycles.